The van der Waals surface area contributed by atoms with Crippen molar-refractivity contribution in [1.29, 1.82) is 0 Å². The second-order valence-electron chi connectivity index (χ2n) is 4.66. The Morgan fingerprint density at radius 2 is 2.29 bits per heavy atom. The van der Waals surface area contributed by atoms with Gasteiger partial charge in [-0.2, -0.15) is 0 Å². The summed E-state index contributed by atoms with van der Waals surface area (Å²) >= 11 is 2.54. The van der Waals surface area contributed by atoms with Gasteiger partial charge < -0.3 is 15.0 Å². The standard InChI is InChI=1S/C15H14N4O3S2/c1-2-22-9-3-4-10-11(7-9)24-15(17-10)19-13(21)8-23-14-16-6-5-12(20)18-14/h3-7H,2,8H2,1H3,(H,16,18,20)(H,17,19,21). The maximum absolute atomic E-state index is 12.0. The summed E-state index contributed by atoms with van der Waals surface area (Å²) in [6, 6.07) is 6.94. The molecule has 0 aliphatic rings. The van der Waals surface area contributed by atoms with Crippen molar-refractivity contribution in [2.75, 3.05) is 17.7 Å². The number of anilines is 1. The van der Waals surface area contributed by atoms with Gasteiger partial charge in [-0.15, -0.1) is 0 Å². The fourth-order valence-corrected chi connectivity index (χ4v) is 3.49. The molecule has 0 unspecified atom stereocenters. The van der Waals surface area contributed by atoms with Gasteiger partial charge in [-0.25, -0.2) is 9.97 Å². The molecule has 9 heteroatoms. The second-order valence-corrected chi connectivity index (χ2v) is 6.65. The van der Waals surface area contributed by atoms with Crippen LogP contribution in [0.1, 0.15) is 6.92 Å². The van der Waals surface area contributed by atoms with Crippen molar-refractivity contribution in [1.82, 2.24) is 15.0 Å². The molecule has 3 aromatic rings. The highest BCUT2D eigenvalue weighted by atomic mass is 32.2. The van der Waals surface area contributed by atoms with E-state index in [1.165, 1.54) is 23.6 Å². The monoisotopic (exact) mass is 362 g/mol. The van der Waals surface area contributed by atoms with Crippen LogP contribution in [0.4, 0.5) is 5.13 Å². The predicted molar refractivity (Wildman–Crippen MR) is 95.0 cm³/mol. The third-order valence-corrected chi connectivity index (χ3v) is 4.73. The van der Waals surface area contributed by atoms with Gasteiger partial charge in [-0.3, -0.25) is 9.59 Å². The number of amides is 1. The summed E-state index contributed by atoms with van der Waals surface area (Å²) in [5.74, 6) is 0.698. The SMILES string of the molecule is CCOc1ccc2nc(NC(=O)CSc3nccc(=O)[nH]3)sc2c1. The van der Waals surface area contributed by atoms with E-state index in [0.29, 0.717) is 16.9 Å². The third-order valence-electron chi connectivity index (χ3n) is 2.91. The smallest absolute Gasteiger partial charge is 0.251 e. The minimum absolute atomic E-state index is 0.132. The molecule has 24 heavy (non-hydrogen) atoms. The highest BCUT2D eigenvalue weighted by molar-refractivity contribution is 7.99. The van der Waals surface area contributed by atoms with E-state index in [1.807, 2.05) is 25.1 Å². The van der Waals surface area contributed by atoms with E-state index in [2.05, 4.69) is 20.3 Å². The minimum Gasteiger partial charge on any atom is -0.494 e. The first-order valence-electron chi connectivity index (χ1n) is 7.15. The number of hydrogen-bond acceptors (Lipinski definition) is 7. The van der Waals surface area contributed by atoms with E-state index in [1.54, 1.807) is 0 Å². The molecule has 0 aliphatic carbocycles. The molecule has 0 saturated carbocycles. The maximum atomic E-state index is 12.0. The van der Waals surface area contributed by atoms with Gasteiger partial charge in [0.25, 0.3) is 5.56 Å². The fourth-order valence-electron chi connectivity index (χ4n) is 1.93. The molecule has 3 rings (SSSR count). The summed E-state index contributed by atoms with van der Waals surface area (Å²) < 4.78 is 6.40. The summed E-state index contributed by atoms with van der Waals surface area (Å²) in [6.07, 6.45) is 1.41. The molecule has 0 saturated heterocycles. The zero-order chi connectivity index (χ0) is 16.9. The average molecular weight is 362 g/mol. The lowest BCUT2D eigenvalue weighted by atomic mass is 10.3. The minimum atomic E-state index is -0.246. The lowest BCUT2D eigenvalue weighted by Crippen LogP contribution is -2.14. The molecule has 1 amide bonds. The number of nitrogens with one attached hydrogen (secondary N) is 2. The Labute approximate surface area is 145 Å². The van der Waals surface area contributed by atoms with Gasteiger partial charge >= 0.3 is 0 Å². The van der Waals surface area contributed by atoms with Crippen LogP contribution in [-0.2, 0) is 4.79 Å². The van der Waals surface area contributed by atoms with E-state index < -0.39 is 0 Å². The number of H-pyrrole nitrogens is 1. The number of thioether (sulfide) groups is 1. The van der Waals surface area contributed by atoms with Crippen molar-refractivity contribution >= 4 is 44.4 Å². The van der Waals surface area contributed by atoms with Crippen molar-refractivity contribution < 1.29 is 9.53 Å². The number of benzene rings is 1. The van der Waals surface area contributed by atoms with E-state index in [-0.39, 0.29) is 17.2 Å². The lowest BCUT2D eigenvalue weighted by molar-refractivity contribution is -0.113. The van der Waals surface area contributed by atoms with Crippen LogP contribution in [0.15, 0.2) is 40.4 Å². The number of rotatable bonds is 6. The molecule has 2 N–H and O–H groups in total. The lowest BCUT2D eigenvalue weighted by Gasteiger charge is -2.00. The molecule has 2 aromatic heterocycles. The van der Waals surface area contributed by atoms with Crippen molar-refractivity contribution in [3.8, 4) is 5.75 Å². The van der Waals surface area contributed by atoms with E-state index in [4.69, 9.17) is 4.74 Å². The highest BCUT2D eigenvalue weighted by Crippen LogP contribution is 2.29. The van der Waals surface area contributed by atoms with Crippen LogP contribution >= 0.6 is 23.1 Å². The average Bonchev–Trinajstić information content (AvgIpc) is 2.95. The molecular weight excluding hydrogens is 348 g/mol. The van der Waals surface area contributed by atoms with Gasteiger partial charge in [0.15, 0.2) is 10.3 Å². The number of ether oxygens (including phenoxy) is 1. The Bertz CT molecular complexity index is 922. The molecule has 0 aliphatic heterocycles. The number of aromatic amines is 1. The topological polar surface area (TPSA) is 97.0 Å². The van der Waals surface area contributed by atoms with E-state index >= 15 is 0 Å². The van der Waals surface area contributed by atoms with Gasteiger partial charge in [0.1, 0.15) is 5.75 Å². The first-order valence-corrected chi connectivity index (χ1v) is 8.95. The van der Waals surface area contributed by atoms with Gasteiger partial charge in [0.2, 0.25) is 5.91 Å². The van der Waals surface area contributed by atoms with E-state index in [9.17, 15) is 9.59 Å². The Balaban J connectivity index is 1.63. The molecule has 0 radical (unpaired) electrons. The predicted octanol–water partition coefficient (Wildman–Crippen LogP) is 2.51. The summed E-state index contributed by atoms with van der Waals surface area (Å²) in [7, 11) is 0. The van der Waals surface area contributed by atoms with Crippen molar-refractivity contribution in [2.45, 2.75) is 12.1 Å². The van der Waals surface area contributed by atoms with Crippen LogP contribution < -0.4 is 15.6 Å². The molecule has 0 atom stereocenters. The highest BCUT2D eigenvalue weighted by Gasteiger charge is 2.10. The Kier molecular flexibility index (Phi) is 5.11. The summed E-state index contributed by atoms with van der Waals surface area (Å²) in [4.78, 5) is 34.1. The number of carbonyl (C=O) groups is 1. The number of aromatic nitrogens is 3. The number of carbonyl (C=O) groups excluding carboxylic acids is 1. The second kappa shape index (κ2) is 7.45. The molecule has 0 spiro atoms. The van der Waals surface area contributed by atoms with Crippen LogP contribution in [0.25, 0.3) is 10.2 Å². The fraction of sp³-hybridized carbons (Fsp3) is 0.200. The largest absolute Gasteiger partial charge is 0.494 e. The Morgan fingerprint density at radius 1 is 1.42 bits per heavy atom. The van der Waals surface area contributed by atoms with Gasteiger partial charge in [-0.1, -0.05) is 23.1 Å². The molecule has 0 bridgehead atoms. The maximum Gasteiger partial charge on any atom is 0.251 e. The Hall–Kier alpha value is -2.39. The number of hydrogen-bond donors (Lipinski definition) is 2. The van der Waals surface area contributed by atoms with E-state index in [0.717, 1.165) is 27.7 Å². The summed E-state index contributed by atoms with van der Waals surface area (Å²) in [5.41, 5.74) is 0.560. The summed E-state index contributed by atoms with van der Waals surface area (Å²) in [5, 5.41) is 3.69. The molecule has 124 valence electrons. The van der Waals surface area contributed by atoms with Gasteiger partial charge in [0.05, 0.1) is 22.6 Å². The van der Waals surface area contributed by atoms with Crippen LogP contribution in [-0.4, -0.2) is 33.2 Å². The Morgan fingerprint density at radius 3 is 3.08 bits per heavy atom. The van der Waals surface area contributed by atoms with Crippen molar-refractivity contribution in [3.63, 3.8) is 0 Å². The van der Waals surface area contributed by atoms with Crippen LogP contribution in [0.3, 0.4) is 0 Å². The van der Waals surface area contributed by atoms with Crippen LogP contribution in [0.5, 0.6) is 5.75 Å². The molecule has 7 nitrogen and oxygen atoms in total. The number of nitrogens with zero attached hydrogens (tertiary/aromatic N) is 2. The van der Waals surface area contributed by atoms with Crippen LogP contribution in [0, 0.1) is 0 Å². The zero-order valence-corrected chi connectivity index (χ0v) is 14.4. The molecule has 1 aromatic carbocycles. The normalized spacial score (nSPS) is 10.7. The van der Waals surface area contributed by atoms with Crippen molar-refractivity contribution in [3.05, 3.63) is 40.8 Å². The van der Waals surface area contributed by atoms with Crippen LogP contribution in [0.2, 0.25) is 0 Å². The third kappa shape index (κ3) is 4.12. The molecule has 0 fully saturated rings. The number of thiazole rings is 1. The quantitative estimate of drug-likeness (QED) is 0.517. The number of fused-ring (bicyclic) bond motifs is 1. The molecule has 2 heterocycles. The first-order chi connectivity index (χ1) is 11.6. The van der Waals surface area contributed by atoms with Gasteiger partial charge in [0, 0.05) is 12.3 Å². The summed E-state index contributed by atoms with van der Waals surface area (Å²) in [6.45, 7) is 2.52. The van der Waals surface area contributed by atoms with Gasteiger partial charge in [-0.05, 0) is 25.1 Å². The zero-order valence-electron chi connectivity index (χ0n) is 12.7. The van der Waals surface area contributed by atoms with Crippen molar-refractivity contribution in [2.24, 2.45) is 0 Å². The first kappa shape index (κ1) is 16.5. The molecular formula is C15H14N4O3S2.